The van der Waals surface area contributed by atoms with Gasteiger partial charge in [0.15, 0.2) is 0 Å². The zero-order valence-electron chi connectivity index (χ0n) is 19.9. The first-order valence-corrected chi connectivity index (χ1v) is 11.4. The van der Waals surface area contributed by atoms with Gasteiger partial charge in [0, 0.05) is 50.9 Å². The minimum atomic E-state index is -0.387. The van der Waals surface area contributed by atoms with Crippen LogP contribution in [0.5, 0.6) is 0 Å². The SMILES string of the molecule is COCCNC(=O)/C(C#N)=C(\C)c1ccc(-c2ccc3cc(N4CCOCC4)ccc3c2)n1C. The van der Waals surface area contributed by atoms with Crippen LogP contribution in [0, 0.1) is 11.3 Å². The van der Waals surface area contributed by atoms with Gasteiger partial charge in [-0.15, -0.1) is 0 Å². The molecule has 3 aromatic rings. The highest BCUT2D eigenvalue weighted by molar-refractivity contribution is 6.04. The fourth-order valence-electron chi connectivity index (χ4n) is 4.38. The van der Waals surface area contributed by atoms with Crippen molar-refractivity contribution in [3.63, 3.8) is 0 Å². The van der Waals surface area contributed by atoms with Gasteiger partial charge < -0.3 is 24.3 Å². The third kappa shape index (κ3) is 4.84. The molecule has 1 N–H and O–H groups in total. The van der Waals surface area contributed by atoms with E-state index in [2.05, 4.69) is 52.7 Å². The fourth-order valence-corrected chi connectivity index (χ4v) is 4.38. The summed E-state index contributed by atoms with van der Waals surface area (Å²) in [6, 6.07) is 19.1. The molecule has 176 valence electrons. The average Bonchev–Trinajstić information content (AvgIpc) is 3.25. The number of hydrogen-bond donors (Lipinski definition) is 1. The second-order valence-corrected chi connectivity index (χ2v) is 8.37. The Kier molecular flexibility index (Phi) is 7.31. The molecule has 34 heavy (non-hydrogen) atoms. The van der Waals surface area contributed by atoms with Crippen molar-refractivity contribution < 1.29 is 14.3 Å². The number of nitrogens with one attached hydrogen (secondary N) is 1. The molecule has 1 aliphatic rings. The van der Waals surface area contributed by atoms with E-state index in [1.54, 1.807) is 14.0 Å². The van der Waals surface area contributed by atoms with Crippen molar-refractivity contribution in [1.82, 2.24) is 9.88 Å². The summed E-state index contributed by atoms with van der Waals surface area (Å²) in [5.41, 5.74) is 4.90. The number of allylic oxidation sites excluding steroid dienone is 1. The predicted molar refractivity (Wildman–Crippen MR) is 134 cm³/mol. The molecule has 7 heteroatoms. The molecule has 0 saturated carbocycles. The van der Waals surface area contributed by atoms with Crippen molar-refractivity contribution >= 4 is 27.9 Å². The van der Waals surface area contributed by atoms with Crippen LogP contribution in [0.2, 0.25) is 0 Å². The van der Waals surface area contributed by atoms with E-state index in [1.165, 1.54) is 16.5 Å². The Hall–Kier alpha value is -3.60. The lowest BCUT2D eigenvalue weighted by atomic mass is 10.0. The number of nitrogens with zero attached hydrogens (tertiary/aromatic N) is 3. The van der Waals surface area contributed by atoms with Crippen LogP contribution in [-0.4, -0.2) is 57.0 Å². The molecule has 1 amide bonds. The van der Waals surface area contributed by atoms with E-state index < -0.39 is 0 Å². The number of fused-ring (bicyclic) bond motifs is 1. The van der Waals surface area contributed by atoms with Crippen LogP contribution < -0.4 is 10.2 Å². The Labute approximate surface area is 200 Å². The molecule has 0 radical (unpaired) electrons. The second-order valence-electron chi connectivity index (χ2n) is 8.37. The van der Waals surface area contributed by atoms with Gasteiger partial charge in [-0.25, -0.2) is 0 Å². The Balaban J connectivity index is 1.61. The fraction of sp³-hybridized carbons (Fsp3) is 0.333. The summed E-state index contributed by atoms with van der Waals surface area (Å²) in [7, 11) is 3.53. The zero-order valence-corrected chi connectivity index (χ0v) is 19.9. The summed E-state index contributed by atoms with van der Waals surface area (Å²) in [5, 5.41) is 14.7. The van der Waals surface area contributed by atoms with Gasteiger partial charge in [-0.05, 0) is 59.2 Å². The first kappa shape index (κ1) is 23.6. The number of aromatic nitrogens is 1. The first-order valence-electron chi connectivity index (χ1n) is 11.4. The number of anilines is 1. The van der Waals surface area contributed by atoms with Gasteiger partial charge in [-0.1, -0.05) is 18.2 Å². The molecule has 7 nitrogen and oxygen atoms in total. The van der Waals surface area contributed by atoms with E-state index in [9.17, 15) is 10.1 Å². The first-order chi connectivity index (χ1) is 16.5. The van der Waals surface area contributed by atoms with Crippen LogP contribution in [0.25, 0.3) is 27.6 Å². The van der Waals surface area contributed by atoms with Gasteiger partial charge in [0.1, 0.15) is 11.6 Å². The van der Waals surface area contributed by atoms with Crippen molar-refractivity contribution in [2.75, 3.05) is 51.5 Å². The number of hydrogen-bond acceptors (Lipinski definition) is 5. The normalized spacial score (nSPS) is 14.6. The van der Waals surface area contributed by atoms with Gasteiger partial charge in [-0.2, -0.15) is 5.26 Å². The van der Waals surface area contributed by atoms with E-state index in [0.29, 0.717) is 18.7 Å². The van der Waals surface area contributed by atoms with Crippen molar-refractivity contribution in [2.45, 2.75) is 6.92 Å². The molecular formula is C27H30N4O3. The smallest absolute Gasteiger partial charge is 0.262 e. The molecule has 0 atom stereocenters. The molecule has 1 aromatic heterocycles. The number of rotatable bonds is 7. The number of carbonyl (C=O) groups is 1. The number of ether oxygens (including phenoxy) is 2. The van der Waals surface area contributed by atoms with Crippen molar-refractivity contribution in [3.8, 4) is 17.3 Å². The van der Waals surface area contributed by atoms with E-state index in [0.717, 1.165) is 43.3 Å². The topological polar surface area (TPSA) is 79.5 Å². The maximum Gasteiger partial charge on any atom is 0.262 e. The molecule has 4 rings (SSSR count). The summed E-state index contributed by atoms with van der Waals surface area (Å²) >= 11 is 0. The number of carbonyl (C=O) groups excluding carboxylic acids is 1. The minimum Gasteiger partial charge on any atom is -0.383 e. The summed E-state index contributed by atoms with van der Waals surface area (Å²) in [6.07, 6.45) is 0. The molecule has 0 spiro atoms. The van der Waals surface area contributed by atoms with Crippen molar-refractivity contribution in [2.24, 2.45) is 7.05 Å². The monoisotopic (exact) mass is 458 g/mol. The predicted octanol–water partition coefficient (Wildman–Crippen LogP) is 3.74. The highest BCUT2D eigenvalue weighted by atomic mass is 16.5. The summed E-state index contributed by atoms with van der Waals surface area (Å²) in [6.45, 7) is 5.92. The van der Waals surface area contributed by atoms with Crippen LogP contribution in [0.3, 0.4) is 0 Å². The molecule has 0 bridgehead atoms. The molecule has 0 aliphatic carbocycles. The van der Waals surface area contributed by atoms with Gasteiger partial charge >= 0.3 is 0 Å². The number of amides is 1. The third-order valence-electron chi connectivity index (χ3n) is 6.31. The third-order valence-corrected chi connectivity index (χ3v) is 6.31. The van der Waals surface area contributed by atoms with Crippen LogP contribution in [-0.2, 0) is 21.3 Å². The molecular weight excluding hydrogens is 428 g/mol. The Bertz CT molecular complexity index is 1260. The van der Waals surface area contributed by atoms with Crippen LogP contribution in [0.4, 0.5) is 5.69 Å². The lowest BCUT2D eigenvalue weighted by Gasteiger charge is -2.29. The average molecular weight is 459 g/mol. The highest BCUT2D eigenvalue weighted by Gasteiger charge is 2.17. The van der Waals surface area contributed by atoms with Gasteiger partial charge in [0.25, 0.3) is 5.91 Å². The van der Waals surface area contributed by atoms with E-state index in [1.807, 2.05) is 23.7 Å². The lowest BCUT2D eigenvalue weighted by molar-refractivity contribution is -0.117. The standard InChI is InChI=1S/C27H30N4O3/c1-19(24(18-28)27(32)29-10-13-33-3)25-8-9-26(30(25)2)22-5-4-21-17-23(7-6-20(21)16-22)31-11-14-34-15-12-31/h4-9,16-17H,10-15H2,1-3H3,(H,29,32)/b24-19+. The maximum atomic E-state index is 12.5. The van der Waals surface area contributed by atoms with Crippen LogP contribution in [0.1, 0.15) is 12.6 Å². The Morgan fingerprint density at radius 2 is 1.85 bits per heavy atom. The Morgan fingerprint density at radius 3 is 2.59 bits per heavy atom. The van der Waals surface area contributed by atoms with Crippen LogP contribution >= 0.6 is 0 Å². The second kappa shape index (κ2) is 10.6. The largest absolute Gasteiger partial charge is 0.383 e. The van der Waals surface area contributed by atoms with Gasteiger partial charge in [-0.3, -0.25) is 4.79 Å². The number of benzene rings is 2. The molecule has 2 aromatic carbocycles. The summed E-state index contributed by atoms with van der Waals surface area (Å²) < 4.78 is 12.5. The van der Waals surface area contributed by atoms with E-state index in [4.69, 9.17) is 9.47 Å². The molecule has 1 saturated heterocycles. The molecule has 2 heterocycles. The van der Waals surface area contributed by atoms with Gasteiger partial charge in [0.05, 0.1) is 19.8 Å². The van der Waals surface area contributed by atoms with E-state index in [-0.39, 0.29) is 11.5 Å². The molecule has 1 fully saturated rings. The van der Waals surface area contributed by atoms with Crippen molar-refractivity contribution in [3.05, 3.63) is 59.8 Å². The Morgan fingerprint density at radius 1 is 1.12 bits per heavy atom. The summed E-state index contributed by atoms with van der Waals surface area (Å²) in [5.74, 6) is -0.387. The minimum absolute atomic E-state index is 0.109. The molecule has 1 aliphatic heterocycles. The molecule has 0 unspecified atom stereocenters. The van der Waals surface area contributed by atoms with Crippen molar-refractivity contribution in [1.29, 1.82) is 5.26 Å². The van der Waals surface area contributed by atoms with Crippen LogP contribution in [0.15, 0.2) is 54.1 Å². The lowest BCUT2D eigenvalue weighted by Crippen LogP contribution is -2.36. The number of nitriles is 1. The van der Waals surface area contributed by atoms with E-state index >= 15 is 0 Å². The highest BCUT2D eigenvalue weighted by Crippen LogP contribution is 2.30. The summed E-state index contributed by atoms with van der Waals surface area (Å²) in [4.78, 5) is 14.8. The quantitative estimate of drug-likeness (QED) is 0.331. The number of morpholine rings is 1. The zero-order chi connectivity index (χ0) is 24.1. The number of methoxy groups -OCH3 is 1. The maximum absolute atomic E-state index is 12.5. The van der Waals surface area contributed by atoms with Gasteiger partial charge in [0.2, 0.25) is 0 Å².